The lowest BCUT2D eigenvalue weighted by molar-refractivity contribution is -0.274. The quantitative estimate of drug-likeness (QED) is 0.173. The molecule has 3 saturated heterocycles. The second kappa shape index (κ2) is 15.0. The zero-order valence-electron chi connectivity index (χ0n) is 31.2. The van der Waals surface area contributed by atoms with Crippen molar-refractivity contribution >= 4 is 48.0 Å². The lowest BCUT2D eigenvalue weighted by Gasteiger charge is -2.37. The number of hydrogen-bond donors (Lipinski definition) is 6. The van der Waals surface area contributed by atoms with Crippen LogP contribution in [0, 0.1) is 5.92 Å². The van der Waals surface area contributed by atoms with Crippen LogP contribution >= 0.6 is 0 Å². The Bertz CT molecular complexity index is 1920. The molecule has 15 heteroatoms. The number of aliphatic hydroxyl groups is 5. The number of nitrogens with one attached hydrogen (secondary N) is 1. The van der Waals surface area contributed by atoms with Crippen molar-refractivity contribution < 1.29 is 54.1 Å². The molecule has 7 rings (SSSR count). The summed E-state index contributed by atoms with van der Waals surface area (Å²) in [6.45, 7) is 6.80. The summed E-state index contributed by atoms with van der Waals surface area (Å²) in [6, 6.07) is 21.7. The van der Waals surface area contributed by atoms with E-state index in [1.165, 1.54) is 0 Å². The third-order valence-corrected chi connectivity index (χ3v) is 16.5. The van der Waals surface area contributed by atoms with Crippen molar-refractivity contribution in [2.75, 3.05) is 30.5 Å². The zero-order valence-corrected chi connectivity index (χ0v) is 32.2. The first-order valence-corrected chi connectivity index (χ1v) is 21.8. The average molecular weight is 776 g/mol. The number of para-hydroxylation sites is 1. The molecule has 0 radical (unpaired) electrons. The van der Waals surface area contributed by atoms with E-state index in [9.17, 15) is 35.1 Å². The Balaban J connectivity index is 1.32. The predicted molar refractivity (Wildman–Crippen MR) is 204 cm³/mol. The number of benzene rings is 3. The van der Waals surface area contributed by atoms with Crippen LogP contribution in [-0.4, -0.2) is 119 Å². The van der Waals surface area contributed by atoms with Crippen LogP contribution in [0.1, 0.15) is 31.7 Å². The number of anilines is 3. The summed E-state index contributed by atoms with van der Waals surface area (Å²) in [5, 5.41) is 54.6. The van der Waals surface area contributed by atoms with Gasteiger partial charge in [-0.25, -0.2) is 0 Å². The van der Waals surface area contributed by atoms with Gasteiger partial charge in [0.2, 0.25) is 5.91 Å². The minimum absolute atomic E-state index is 0.00235. The molecule has 6 N–H and O–H groups in total. The summed E-state index contributed by atoms with van der Waals surface area (Å²) in [7, 11) is -1.02. The number of rotatable bonds is 9. The lowest BCUT2D eigenvalue weighted by Crippen LogP contribution is -2.60. The van der Waals surface area contributed by atoms with Gasteiger partial charge in [-0.1, -0.05) is 55.5 Å². The van der Waals surface area contributed by atoms with Crippen LogP contribution in [0.4, 0.5) is 17.1 Å². The molecule has 294 valence electrons. The average Bonchev–Trinajstić information content (AvgIpc) is 3.85. The van der Waals surface area contributed by atoms with Crippen LogP contribution in [0.2, 0.25) is 18.6 Å². The molecule has 1 spiro atoms. The fraction of sp³-hybridized carbons (Fsp3) is 0.475. The van der Waals surface area contributed by atoms with E-state index in [0.29, 0.717) is 35.7 Å². The van der Waals surface area contributed by atoms with Crippen molar-refractivity contribution in [2.45, 2.75) is 93.3 Å². The number of amides is 3. The number of carbonyl (C=O) groups is 3. The summed E-state index contributed by atoms with van der Waals surface area (Å²) >= 11 is 0. The van der Waals surface area contributed by atoms with Gasteiger partial charge in [-0.3, -0.25) is 19.3 Å². The predicted octanol–water partition coefficient (Wildman–Crippen LogP) is 1.70. The molecular formula is C40H49N3O11Si. The van der Waals surface area contributed by atoms with Gasteiger partial charge in [0.1, 0.15) is 24.1 Å². The highest BCUT2D eigenvalue weighted by atomic mass is 28.3. The zero-order chi connectivity index (χ0) is 39.4. The molecule has 0 aliphatic carbocycles. The highest BCUT2D eigenvalue weighted by Crippen LogP contribution is 2.61. The molecule has 3 aromatic carbocycles. The van der Waals surface area contributed by atoms with Gasteiger partial charge >= 0.3 is 0 Å². The van der Waals surface area contributed by atoms with E-state index in [2.05, 4.69) is 18.4 Å². The first-order valence-electron chi connectivity index (χ1n) is 18.7. The summed E-state index contributed by atoms with van der Waals surface area (Å²) in [6.07, 6.45) is -8.32. The highest BCUT2D eigenvalue weighted by Gasteiger charge is 2.67. The molecule has 55 heavy (non-hydrogen) atoms. The second-order valence-corrected chi connectivity index (χ2v) is 20.2. The van der Waals surface area contributed by atoms with Gasteiger partial charge in [0.25, 0.3) is 11.8 Å². The molecule has 0 saturated carbocycles. The van der Waals surface area contributed by atoms with Crippen molar-refractivity contribution in [3.05, 3.63) is 78.4 Å². The standard InChI is InChI=1S/C40H49N3O11Si/c1-22-36(55(3,4)27-15-13-26(52-2)14-16-27)30(20-31(45)42-18-8-11-25(42)21-44)54-40(22)28-19-23(41-37(49)35-33(47)32(46)34(48)38(50)53-35)12-17-29(28)43(39(40)51)24-9-6-5-7-10-24/h5-7,9-10,12-17,19,22,25,30,32-36,38,44,46-48,50H,8,11,18,20-21H2,1-4H3,(H,41,49)/t22-,25+,30+,32+,33+,34-,35+,36-,38-,40+/m1/s1. The molecule has 10 atom stereocenters. The molecule has 0 aromatic heterocycles. The van der Waals surface area contributed by atoms with Crippen LogP contribution in [0.5, 0.6) is 5.75 Å². The summed E-state index contributed by atoms with van der Waals surface area (Å²) in [4.78, 5) is 46.2. The van der Waals surface area contributed by atoms with Gasteiger partial charge in [-0.05, 0) is 60.8 Å². The summed E-state index contributed by atoms with van der Waals surface area (Å²) in [5.41, 5.74) is -0.0513. The topological polar surface area (TPSA) is 199 Å². The fourth-order valence-electron chi connectivity index (χ4n) is 9.28. The third kappa shape index (κ3) is 6.55. The van der Waals surface area contributed by atoms with Crippen LogP contribution in [-0.2, 0) is 29.5 Å². The Labute approximate surface area is 320 Å². The van der Waals surface area contributed by atoms with Gasteiger partial charge < -0.3 is 50.0 Å². The molecule has 14 nitrogen and oxygen atoms in total. The van der Waals surface area contributed by atoms with Gasteiger partial charge in [0.15, 0.2) is 18.0 Å². The van der Waals surface area contributed by atoms with E-state index in [1.54, 1.807) is 35.1 Å². The minimum atomic E-state index is -2.63. The first kappa shape index (κ1) is 39.1. The minimum Gasteiger partial charge on any atom is -0.497 e. The Hall–Kier alpha value is -4.19. The Morgan fingerprint density at radius 1 is 0.982 bits per heavy atom. The van der Waals surface area contributed by atoms with Crippen LogP contribution in [0.25, 0.3) is 0 Å². The van der Waals surface area contributed by atoms with E-state index in [1.807, 2.05) is 61.5 Å². The molecular weight excluding hydrogens is 727 g/mol. The molecule has 3 fully saturated rings. The first-order chi connectivity index (χ1) is 26.2. The van der Waals surface area contributed by atoms with Crippen LogP contribution in [0.3, 0.4) is 0 Å². The number of ether oxygens (including phenoxy) is 3. The lowest BCUT2D eigenvalue weighted by atomic mass is 9.82. The molecule has 3 aromatic rings. The number of fused-ring (bicyclic) bond motifs is 2. The van der Waals surface area contributed by atoms with E-state index in [0.717, 1.165) is 11.6 Å². The van der Waals surface area contributed by atoms with Gasteiger partial charge in [-0.15, -0.1) is 0 Å². The SMILES string of the molecule is COc1ccc([Si](C)(C)[C@H]2[C@H](CC(=O)N3CCC[C@H]3CO)O[C@@]3(C(=O)N(c4ccccc4)c4ccc(NC(=O)[C@H]5O[C@@H](O)[C@H](O)[C@@H](O)[C@@H]5O)cc43)[C@@H]2C)cc1. The van der Waals surface area contributed by atoms with Gasteiger partial charge in [0, 0.05) is 29.4 Å². The monoisotopic (exact) mass is 775 g/mol. The Morgan fingerprint density at radius 3 is 2.36 bits per heavy atom. The maximum absolute atomic E-state index is 15.3. The Kier molecular flexibility index (Phi) is 10.7. The molecule has 3 amide bonds. The third-order valence-electron chi connectivity index (χ3n) is 12.2. The molecule has 4 aliphatic heterocycles. The Morgan fingerprint density at radius 2 is 1.69 bits per heavy atom. The van der Waals surface area contributed by atoms with Gasteiger partial charge in [0.05, 0.1) is 46.0 Å². The normalized spacial score (nSPS) is 31.9. The number of aliphatic hydroxyl groups excluding tert-OH is 5. The van der Waals surface area contributed by atoms with Crippen molar-refractivity contribution in [1.29, 1.82) is 0 Å². The smallest absolute Gasteiger partial charge is 0.268 e. The maximum Gasteiger partial charge on any atom is 0.268 e. The second-order valence-electron chi connectivity index (χ2n) is 15.5. The number of carbonyl (C=O) groups excluding carboxylic acids is 3. The maximum atomic E-state index is 15.3. The molecule has 4 aliphatic rings. The van der Waals surface area contributed by atoms with Crippen LogP contribution in [0.15, 0.2) is 72.8 Å². The van der Waals surface area contributed by atoms with E-state index in [4.69, 9.17) is 14.2 Å². The summed E-state index contributed by atoms with van der Waals surface area (Å²) < 4.78 is 17.8. The number of likely N-dealkylation sites (tertiary alicyclic amines) is 1. The van der Waals surface area contributed by atoms with Crippen molar-refractivity contribution in [1.82, 2.24) is 4.90 Å². The molecule has 0 bridgehead atoms. The summed E-state index contributed by atoms with van der Waals surface area (Å²) in [5.74, 6) is -1.17. The molecule has 0 unspecified atom stereocenters. The van der Waals surface area contributed by atoms with Crippen molar-refractivity contribution in [3.8, 4) is 5.75 Å². The number of hydrogen-bond acceptors (Lipinski definition) is 11. The molecule has 4 heterocycles. The largest absolute Gasteiger partial charge is 0.497 e. The van der Waals surface area contributed by atoms with Gasteiger partial charge in [-0.2, -0.15) is 0 Å². The van der Waals surface area contributed by atoms with Crippen molar-refractivity contribution in [3.63, 3.8) is 0 Å². The van der Waals surface area contributed by atoms with E-state index < -0.39 is 62.3 Å². The van der Waals surface area contributed by atoms with Crippen LogP contribution < -0.4 is 20.1 Å². The fourth-order valence-corrected chi connectivity index (χ4v) is 13.3. The van der Waals surface area contributed by atoms with E-state index in [-0.39, 0.29) is 42.1 Å². The van der Waals surface area contributed by atoms with Crippen molar-refractivity contribution in [2.24, 2.45) is 5.92 Å². The number of nitrogens with zero attached hydrogens (tertiary/aromatic N) is 2. The number of methoxy groups -OCH3 is 1. The van der Waals surface area contributed by atoms with E-state index >= 15 is 4.79 Å². The highest BCUT2D eigenvalue weighted by molar-refractivity contribution is 6.91.